The number of fused-ring (bicyclic) bond motifs is 1. The number of aliphatic hydroxyl groups excluding tert-OH is 1. The van der Waals surface area contributed by atoms with Gasteiger partial charge in [-0.1, -0.05) is 48.5 Å². The van der Waals surface area contributed by atoms with Crippen molar-refractivity contribution < 1.29 is 23.8 Å². The van der Waals surface area contributed by atoms with Crippen LogP contribution in [0.4, 0.5) is 8.78 Å². The molecular formula is C19H21F2NO3. The highest BCUT2D eigenvalue weighted by atomic mass is 19.3. The van der Waals surface area contributed by atoms with Gasteiger partial charge in [0.2, 0.25) is 0 Å². The first-order valence-electron chi connectivity index (χ1n) is 7.99. The van der Waals surface area contributed by atoms with Crippen LogP contribution in [0.3, 0.4) is 0 Å². The van der Waals surface area contributed by atoms with E-state index in [0.717, 1.165) is 12.5 Å². The number of carboxylic acids is 1. The van der Waals surface area contributed by atoms with Crippen LogP contribution in [0.15, 0.2) is 54.6 Å². The maximum absolute atomic E-state index is 12.5. The molecule has 0 heterocycles. The molecule has 25 heavy (non-hydrogen) atoms. The Labute approximate surface area is 144 Å². The van der Waals surface area contributed by atoms with Crippen molar-refractivity contribution in [2.24, 2.45) is 11.7 Å². The summed E-state index contributed by atoms with van der Waals surface area (Å²) in [6.07, 6.45) is 0.187. The van der Waals surface area contributed by atoms with E-state index in [1.807, 2.05) is 0 Å². The van der Waals surface area contributed by atoms with Crippen LogP contribution in [-0.4, -0.2) is 34.8 Å². The molecule has 0 saturated heterocycles. The fourth-order valence-electron chi connectivity index (χ4n) is 2.79. The lowest BCUT2D eigenvalue weighted by Gasteiger charge is -2.17. The molecular weight excluding hydrogens is 328 g/mol. The maximum Gasteiger partial charge on any atom is 0.304 e. The van der Waals surface area contributed by atoms with Crippen LogP contribution in [0.2, 0.25) is 0 Å². The van der Waals surface area contributed by atoms with E-state index >= 15 is 0 Å². The number of carbonyl (C=O) groups is 1. The Bertz CT molecular complexity index is 756. The number of carboxylic acid groups (broad SMARTS) is 1. The average molecular weight is 349 g/mol. The van der Waals surface area contributed by atoms with Crippen molar-refractivity contribution in [1.82, 2.24) is 0 Å². The molecule has 0 spiro atoms. The number of nitrogens with two attached hydrogens (primary N) is 1. The molecule has 3 rings (SSSR count). The van der Waals surface area contributed by atoms with E-state index in [9.17, 15) is 13.6 Å². The Kier molecular flexibility index (Phi) is 6.22. The Morgan fingerprint density at radius 3 is 2.44 bits per heavy atom. The number of hydrogen-bond donors (Lipinski definition) is 3. The van der Waals surface area contributed by atoms with Crippen molar-refractivity contribution in [3.63, 3.8) is 0 Å². The van der Waals surface area contributed by atoms with Crippen LogP contribution in [0.5, 0.6) is 0 Å². The molecule has 0 radical (unpaired) electrons. The van der Waals surface area contributed by atoms with Crippen LogP contribution >= 0.6 is 0 Å². The van der Waals surface area contributed by atoms with Gasteiger partial charge < -0.3 is 15.9 Å². The van der Waals surface area contributed by atoms with Gasteiger partial charge in [0.1, 0.15) is 6.10 Å². The van der Waals surface area contributed by atoms with Gasteiger partial charge in [0.15, 0.2) is 0 Å². The number of hydrogen-bond acceptors (Lipinski definition) is 3. The molecule has 1 aliphatic carbocycles. The third kappa shape index (κ3) is 4.84. The molecule has 4 nitrogen and oxygen atoms in total. The van der Waals surface area contributed by atoms with Gasteiger partial charge in [0.05, 0.1) is 6.42 Å². The Morgan fingerprint density at radius 1 is 1.16 bits per heavy atom. The molecule has 0 aromatic heterocycles. The highest BCUT2D eigenvalue weighted by Gasteiger charge is 2.45. The summed E-state index contributed by atoms with van der Waals surface area (Å²) in [6, 6.07) is 14.8. The number of aliphatic carboxylic acids is 1. The van der Waals surface area contributed by atoms with E-state index < -0.39 is 30.3 Å². The molecule has 0 unspecified atom stereocenters. The molecule has 4 N–H and O–H groups in total. The van der Waals surface area contributed by atoms with E-state index in [1.165, 1.54) is 16.3 Å². The number of rotatable bonds is 4. The minimum atomic E-state index is -3.28. The summed E-state index contributed by atoms with van der Waals surface area (Å²) in [7, 11) is 0. The smallest absolute Gasteiger partial charge is 0.304 e. The molecule has 0 fully saturated rings. The van der Waals surface area contributed by atoms with E-state index in [-0.39, 0.29) is 0 Å². The molecule has 1 aliphatic rings. The summed E-state index contributed by atoms with van der Waals surface area (Å²) >= 11 is 0. The van der Waals surface area contributed by atoms with Crippen molar-refractivity contribution in [1.29, 1.82) is 0 Å². The van der Waals surface area contributed by atoms with Gasteiger partial charge in [0.25, 0.3) is 5.92 Å². The van der Waals surface area contributed by atoms with Gasteiger partial charge in [0, 0.05) is 5.92 Å². The summed E-state index contributed by atoms with van der Waals surface area (Å²) in [5, 5.41) is 19.8. The highest BCUT2D eigenvalue weighted by Crippen LogP contribution is 2.34. The summed E-state index contributed by atoms with van der Waals surface area (Å²) < 4.78 is 25.0. The summed E-state index contributed by atoms with van der Waals surface area (Å²) in [5.74, 6) is -5.45. The number of halogens is 2. The summed E-state index contributed by atoms with van der Waals surface area (Å²) in [6.45, 7) is 0.716. The molecule has 0 bridgehead atoms. The minimum absolute atomic E-state index is 0.465. The van der Waals surface area contributed by atoms with Crippen LogP contribution in [0.25, 0.3) is 10.8 Å². The number of benzene rings is 2. The Hall–Kier alpha value is -2.31. The van der Waals surface area contributed by atoms with Crippen molar-refractivity contribution in [2.75, 3.05) is 6.54 Å². The highest BCUT2D eigenvalue weighted by molar-refractivity contribution is 5.85. The van der Waals surface area contributed by atoms with Crippen LogP contribution in [0.1, 0.15) is 12.0 Å². The lowest BCUT2D eigenvalue weighted by molar-refractivity contribution is -0.140. The molecule has 2 atom stereocenters. The zero-order chi connectivity index (χ0) is 18.4. The predicted molar refractivity (Wildman–Crippen MR) is 92.5 cm³/mol. The molecule has 134 valence electrons. The van der Waals surface area contributed by atoms with Crippen molar-refractivity contribution in [3.05, 3.63) is 60.2 Å². The predicted octanol–water partition coefficient (Wildman–Crippen LogP) is 2.98. The fraction of sp³-hybridized carbons (Fsp3) is 0.316. The summed E-state index contributed by atoms with van der Waals surface area (Å²) in [5.41, 5.74) is 6.90. The number of alkyl halides is 2. The lowest BCUT2D eigenvalue weighted by atomic mass is 10.0. The van der Waals surface area contributed by atoms with Crippen LogP contribution in [0, 0.1) is 5.92 Å². The van der Waals surface area contributed by atoms with Crippen LogP contribution in [-0.2, 0) is 11.2 Å². The molecule has 6 heteroatoms. The summed E-state index contributed by atoms with van der Waals surface area (Å²) in [4.78, 5) is 10.1. The second-order valence-corrected chi connectivity index (χ2v) is 5.92. The molecule has 0 amide bonds. The lowest BCUT2D eigenvalue weighted by Crippen LogP contribution is -2.33. The molecule has 0 saturated carbocycles. The maximum atomic E-state index is 12.5. The Morgan fingerprint density at radius 2 is 1.84 bits per heavy atom. The average Bonchev–Trinajstić information content (AvgIpc) is 2.83. The van der Waals surface area contributed by atoms with Gasteiger partial charge in [-0.2, -0.15) is 8.78 Å². The monoisotopic (exact) mass is 349 g/mol. The fourth-order valence-corrected chi connectivity index (χ4v) is 2.79. The molecule has 2 aromatic carbocycles. The van der Waals surface area contributed by atoms with E-state index in [4.69, 9.17) is 15.9 Å². The van der Waals surface area contributed by atoms with Gasteiger partial charge in [-0.05, 0) is 35.4 Å². The molecule has 2 aromatic rings. The van der Waals surface area contributed by atoms with Crippen molar-refractivity contribution >= 4 is 16.7 Å². The largest absolute Gasteiger partial charge is 0.481 e. The third-order valence-corrected chi connectivity index (χ3v) is 4.07. The molecule has 0 aliphatic heterocycles. The second-order valence-electron chi connectivity index (χ2n) is 5.92. The third-order valence-electron chi connectivity index (χ3n) is 4.07. The van der Waals surface area contributed by atoms with Crippen LogP contribution < -0.4 is 5.73 Å². The van der Waals surface area contributed by atoms with Crippen molar-refractivity contribution in [3.8, 4) is 0 Å². The van der Waals surface area contributed by atoms with Gasteiger partial charge in [-0.25, -0.2) is 0 Å². The van der Waals surface area contributed by atoms with E-state index in [1.54, 1.807) is 0 Å². The second kappa shape index (κ2) is 8.18. The topological polar surface area (TPSA) is 83.6 Å². The first-order chi connectivity index (χ1) is 11.8. The van der Waals surface area contributed by atoms with Gasteiger partial charge in [-0.15, -0.1) is 0 Å². The first kappa shape index (κ1) is 19.0. The zero-order valence-electron chi connectivity index (χ0n) is 13.6. The first-order valence-corrected chi connectivity index (χ1v) is 7.99. The van der Waals surface area contributed by atoms with Crippen molar-refractivity contribution in [2.45, 2.75) is 24.9 Å². The number of aliphatic hydroxyl groups is 1. The van der Waals surface area contributed by atoms with Gasteiger partial charge in [-0.3, -0.25) is 4.79 Å². The normalized spacial score (nSPS) is 21.0. The zero-order valence-corrected chi connectivity index (χ0v) is 13.6. The quantitative estimate of drug-likeness (QED) is 0.741. The SMILES string of the molecule is NCCc1cccc2ccccc12.O=C(O)C[C@@H]1C=CC(F)(F)[C@@H]1O. The van der Waals surface area contributed by atoms with Gasteiger partial charge >= 0.3 is 5.97 Å². The van der Waals surface area contributed by atoms with E-state index in [2.05, 4.69) is 42.5 Å². The minimum Gasteiger partial charge on any atom is -0.481 e. The Balaban J connectivity index is 0.000000181. The van der Waals surface area contributed by atoms with E-state index in [0.29, 0.717) is 12.6 Å². The standard InChI is InChI=1S/C12H13N.C7H8F2O3/c13-9-8-11-6-3-5-10-4-1-2-7-12(10)11;8-7(9)2-1-4(6(7)12)3-5(10)11/h1-7H,8-9,13H2;1-2,4,6,12H,3H2,(H,10,11)/t;4-,6+/m.0/s1.